The lowest BCUT2D eigenvalue weighted by Crippen LogP contribution is -2.00. The lowest BCUT2D eigenvalue weighted by molar-refractivity contribution is 0.0697. The third-order valence-corrected chi connectivity index (χ3v) is 2.37. The third kappa shape index (κ3) is 1.33. The van der Waals surface area contributed by atoms with Crippen molar-refractivity contribution in [1.82, 2.24) is 14.8 Å². The highest BCUT2D eigenvalue weighted by Crippen LogP contribution is 2.27. The molecule has 2 rings (SSSR count). The summed E-state index contributed by atoms with van der Waals surface area (Å²) in [7, 11) is 1.50. The second kappa shape index (κ2) is 3.16. The monoisotopic (exact) mass is 229 g/mol. The molecule has 1 N–H and O–H groups in total. The summed E-state index contributed by atoms with van der Waals surface area (Å²) in [6.07, 6.45) is 1.08. The molecule has 7 heteroatoms. The number of aromatic nitrogens is 3. The average molecular weight is 230 g/mol. The van der Waals surface area contributed by atoms with Gasteiger partial charge in [0.15, 0.2) is 5.65 Å². The number of pyridine rings is 1. The Balaban J connectivity index is 2.89. The van der Waals surface area contributed by atoms with Gasteiger partial charge in [0.1, 0.15) is 0 Å². The van der Waals surface area contributed by atoms with Crippen molar-refractivity contribution in [3.63, 3.8) is 0 Å². The van der Waals surface area contributed by atoms with E-state index in [0.717, 1.165) is 6.20 Å². The number of fused-ring (bicyclic) bond motifs is 1. The first-order valence-electron chi connectivity index (χ1n) is 3.92. The van der Waals surface area contributed by atoms with Crippen molar-refractivity contribution in [1.29, 1.82) is 0 Å². The molecular formula is C8H5ClFN3O2. The summed E-state index contributed by atoms with van der Waals surface area (Å²) in [6, 6.07) is 0. The van der Waals surface area contributed by atoms with Crippen LogP contribution in [0.3, 0.4) is 0 Å². The molecule has 0 aliphatic carbocycles. The van der Waals surface area contributed by atoms with Gasteiger partial charge in [-0.25, -0.2) is 14.5 Å². The molecule has 2 heterocycles. The topological polar surface area (TPSA) is 68.0 Å². The molecule has 2 aromatic heterocycles. The Hall–Kier alpha value is -1.69. The second-order valence-corrected chi connectivity index (χ2v) is 3.28. The molecular weight excluding hydrogens is 225 g/mol. The van der Waals surface area contributed by atoms with Crippen LogP contribution in [-0.4, -0.2) is 25.8 Å². The maximum absolute atomic E-state index is 13.3. The largest absolute Gasteiger partial charge is 0.478 e. The van der Waals surface area contributed by atoms with Crippen LogP contribution >= 0.6 is 11.6 Å². The smallest absolute Gasteiger partial charge is 0.338 e. The molecule has 0 saturated carbocycles. The molecule has 5 nitrogen and oxygen atoms in total. The Kier molecular flexibility index (Phi) is 2.08. The van der Waals surface area contributed by atoms with Crippen LogP contribution in [0, 0.1) is 5.95 Å². The highest BCUT2D eigenvalue weighted by atomic mass is 35.5. The van der Waals surface area contributed by atoms with Crippen molar-refractivity contribution in [2.24, 2.45) is 7.05 Å². The van der Waals surface area contributed by atoms with Gasteiger partial charge in [-0.05, 0) is 0 Å². The van der Waals surface area contributed by atoms with E-state index in [1.165, 1.54) is 11.7 Å². The van der Waals surface area contributed by atoms with Crippen LogP contribution in [0.25, 0.3) is 11.0 Å². The van der Waals surface area contributed by atoms with Crippen molar-refractivity contribution in [2.75, 3.05) is 0 Å². The third-order valence-electron chi connectivity index (χ3n) is 1.98. The summed E-state index contributed by atoms with van der Waals surface area (Å²) >= 11 is 5.74. The normalized spacial score (nSPS) is 10.9. The van der Waals surface area contributed by atoms with Crippen molar-refractivity contribution >= 4 is 28.6 Å². The first-order chi connectivity index (χ1) is 7.02. The Bertz CT molecular complexity index is 567. The molecule has 15 heavy (non-hydrogen) atoms. The van der Waals surface area contributed by atoms with E-state index in [1.807, 2.05) is 0 Å². The van der Waals surface area contributed by atoms with Crippen molar-refractivity contribution in [2.45, 2.75) is 0 Å². The average Bonchev–Trinajstić information content (AvgIpc) is 2.43. The van der Waals surface area contributed by atoms with E-state index in [1.54, 1.807) is 0 Å². The maximum Gasteiger partial charge on any atom is 0.338 e. The SMILES string of the molecule is Cn1nc(F)c2c(Cl)c(C(=O)O)cnc21. The number of halogens is 2. The van der Waals surface area contributed by atoms with Crippen LogP contribution in [-0.2, 0) is 7.05 Å². The van der Waals surface area contributed by atoms with Gasteiger partial charge in [-0.15, -0.1) is 5.10 Å². The van der Waals surface area contributed by atoms with Crippen molar-refractivity contribution in [3.8, 4) is 0 Å². The summed E-state index contributed by atoms with van der Waals surface area (Å²) in [5.41, 5.74) is -0.0291. The van der Waals surface area contributed by atoms with E-state index in [2.05, 4.69) is 10.1 Å². The zero-order chi connectivity index (χ0) is 11.2. The number of carbonyl (C=O) groups is 1. The molecule has 0 saturated heterocycles. The Morgan fingerprint density at radius 2 is 2.33 bits per heavy atom. The predicted molar refractivity (Wildman–Crippen MR) is 50.4 cm³/mol. The summed E-state index contributed by atoms with van der Waals surface area (Å²) in [5, 5.41) is 12.0. The van der Waals surface area contributed by atoms with E-state index < -0.39 is 11.9 Å². The lowest BCUT2D eigenvalue weighted by Gasteiger charge is -1.99. The Morgan fingerprint density at radius 1 is 1.67 bits per heavy atom. The van der Waals surface area contributed by atoms with E-state index >= 15 is 0 Å². The number of hydrogen-bond acceptors (Lipinski definition) is 3. The van der Waals surface area contributed by atoms with Gasteiger partial charge in [-0.3, -0.25) is 0 Å². The minimum atomic E-state index is -1.25. The fourth-order valence-corrected chi connectivity index (χ4v) is 1.58. The first-order valence-corrected chi connectivity index (χ1v) is 4.30. The van der Waals surface area contributed by atoms with E-state index in [4.69, 9.17) is 16.7 Å². The molecule has 0 radical (unpaired) electrons. The number of aryl methyl sites for hydroxylation is 1. The highest BCUT2D eigenvalue weighted by molar-refractivity contribution is 6.38. The molecule has 2 aromatic rings. The number of carboxylic acid groups (broad SMARTS) is 1. The molecule has 0 atom stereocenters. The summed E-state index contributed by atoms with van der Waals surface area (Å²) in [5.74, 6) is -2.08. The number of hydrogen-bond donors (Lipinski definition) is 1. The second-order valence-electron chi connectivity index (χ2n) is 2.90. The minimum absolute atomic E-state index is 0.0703. The fraction of sp³-hybridized carbons (Fsp3) is 0.125. The molecule has 0 aliphatic rings. The summed E-state index contributed by atoms with van der Waals surface area (Å²) in [4.78, 5) is 14.5. The van der Waals surface area contributed by atoms with Crippen LogP contribution in [0.2, 0.25) is 5.02 Å². The lowest BCUT2D eigenvalue weighted by atomic mass is 10.2. The maximum atomic E-state index is 13.3. The van der Waals surface area contributed by atoms with Gasteiger partial charge in [0.05, 0.1) is 16.0 Å². The number of rotatable bonds is 1. The molecule has 78 valence electrons. The van der Waals surface area contributed by atoms with Crippen LogP contribution < -0.4 is 0 Å². The number of aromatic carboxylic acids is 1. The van der Waals surface area contributed by atoms with Crippen LogP contribution in [0.15, 0.2) is 6.20 Å². The van der Waals surface area contributed by atoms with E-state index in [9.17, 15) is 9.18 Å². The molecule has 0 fully saturated rings. The minimum Gasteiger partial charge on any atom is -0.478 e. The predicted octanol–water partition coefficient (Wildman–Crippen LogP) is 1.46. The van der Waals surface area contributed by atoms with Crippen LogP contribution in [0.4, 0.5) is 4.39 Å². The van der Waals surface area contributed by atoms with Crippen molar-refractivity contribution < 1.29 is 14.3 Å². The fourth-order valence-electron chi connectivity index (χ4n) is 1.29. The standard InChI is InChI=1S/C8H5ClFN3O2/c1-13-7-4(6(10)12-13)5(9)3(2-11-7)8(14)15/h2H,1H3,(H,14,15). The van der Waals surface area contributed by atoms with Crippen LogP contribution in [0.5, 0.6) is 0 Å². The molecule has 0 aliphatic heterocycles. The van der Waals surface area contributed by atoms with Gasteiger partial charge < -0.3 is 5.11 Å². The Morgan fingerprint density at radius 3 is 2.93 bits per heavy atom. The van der Waals surface area contributed by atoms with Gasteiger partial charge in [0.25, 0.3) is 0 Å². The molecule has 0 amide bonds. The van der Waals surface area contributed by atoms with Gasteiger partial charge in [-0.2, -0.15) is 4.39 Å². The Labute approximate surface area is 88.1 Å². The van der Waals surface area contributed by atoms with E-state index in [-0.39, 0.29) is 21.6 Å². The van der Waals surface area contributed by atoms with Gasteiger partial charge in [0, 0.05) is 13.2 Å². The summed E-state index contributed by atoms with van der Waals surface area (Å²) in [6.45, 7) is 0. The molecule has 0 spiro atoms. The first kappa shape index (κ1) is 9.85. The summed E-state index contributed by atoms with van der Waals surface area (Å²) < 4.78 is 14.5. The van der Waals surface area contributed by atoms with Crippen molar-refractivity contribution in [3.05, 3.63) is 22.7 Å². The van der Waals surface area contributed by atoms with Crippen LogP contribution in [0.1, 0.15) is 10.4 Å². The van der Waals surface area contributed by atoms with Gasteiger partial charge >= 0.3 is 5.97 Å². The zero-order valence-corrected chi connectivity index (χ0v) is 8.29. The van der Waals surface area contributed by atoms with Gasteiger partial charge in [0.2, 0.25) is 5.95 Å². The van der Waals surface area contributed by atoms with E-state index in [0.29, 0.717) is 0 Å². The molecule has 0 bridgehead atoms. The quantitative estimate of drug-likeness (QED) is 0.804. The molecule has 0 unspecified atom stereocenters. The molecule has 0 aromatic carbocycles. The number of carboxylic acids is 1. The highest BCUT2D eigenvalue weighted by Gasteiger charge is 2.19. The number of nitrogens with zero attached hydrogens (tertiary/aromatic N) is 3. The van der Waals surface area contributed by atoms with Gasteiger partial charge in [-0.1, -0.05) is 11.6 Å². The zero-order valence-electron chi connectivity index (χ0n) is 7.53.